The van der Waals surface area contributed by atoms with Gasteiger partial charge in [0.15, 0.2) is 0 Å². The van der Waals surface area contributed by atoms with Crippen LogP contribution < -0.4 is 14.4 Å². The van der Waals surface area contributed by atoms with E-state index in [-0.39, 0.29) is 0 Å². The van der Waals surface area contributed by atoms with Crippen LogP contribution in [0.5, 0.6) is 11.5 Å². The van der Waals surface area contributed by atoms with E-state index in [4.69, 9.17) is 14.2 Å². The minimum atomic E-state index is 0.502. The van der Waals surface area contributed by atoms with Crippen LogP contribution in [0.2, 0.25) is 0 Å². The summed E-state index contributed by atoms with van der Waals surface area (Å²) >= 11 is 0. The molecular weight excluding hydrogens is 218 g/mol. The van der Waals surface area contributed by atoms with Gasteiger partial charge >= 0.3 is 0 Å². The summed E-state index contributed by atoms with van der Waals surface area (Å²) in [5.41, 5.74) is 3.15. The number of hydrogen-bond acceptors (Lipinski definition) is 4. The fourth-order valence-corrected chi connectivity index (χ4v) is 1.86. The van der Waals surface area contributed by atoms with Gasteiger partial charge < -0.3 is 19.1 Å². The average molecular weight is 239 g/mol. The molecule has 0 heterocycles. The molecule has 4 heteroatoms. The van der Waals surface area contributed by atoms with Gasteiger partial charge in [-0.15, -0.1) is 0 Å². The summed E-state index contributed by atoms with van der Waals surface area (Å²) in [6.45, 7) is 4.56. The van der Waals surface area contributed by atoms with Gasteiger partial charge in [0, 0.05) is 20.2 Å². The van der Waals surface area contributed by atoms with Gasteiger partial charge in [0.25, 0.3) is 0 Å². The summed E-state index contributed by atoms with van der Waals surface area (Å²) < 4.78 is 16.0. The fourth-order valence-electron chi connectivity index (χ4n) is 1.86. The zero-order chi connectivity index (χ0) is 13.0. The van der Waals surface area contributed by atoms with Crippen molar-refractivity contribution in [2.24, 2.45) is 0 Å². The molecule has 0 amide bonds. The molecule has 0 saturated carbocycles. The molecule has 0 atom stereocenters. The maximum Gasteiger partial charge on any atom is 0.145 e. The Morgan fingerprint density at radius 3 is 2.18 bits per heavy atom. The Labute approximate surface area is 103 Å². The second-order valence-corrected chi connectivity index (χ2v) is 4.00. The molecule has 1 aromatic rings. The Morgan fingerprint density at radius 2 is 1.71 bits per heavy atom. The third kappa shape index (κ3) is 2.64. The lowest BCUT2D eigenvalue weighted by molar-refractivity contribution is 0.201. The van der Waals surface area contributed by atoms with E-state index in [2.05, 4.69) is 0 Å². The lowest BCUT2D eigenvalue weighted by Crippen LogP contribution is -2.21. The lowest BCUT2D eigenvalue weighted by Gasteiger charge is -2.24. The van der Waals surface area contributed by atoms with Crippen LogP contribution in [0.1, 0.15) is 11.1 Å². The van der Waals surface area contributed by atoms with Crippen molar-refractivity contribution in [3.63, 3.8) is 0 Å². The number of rotatable bonds is 5. The normalized spacial score (nSPS) is 10.2. The van der Waals surface area contributed by atoms with E-state index in [1.165, 1.54) is 0 Å². The predicted molar refractivity (Wildman–Crippen MR) is 69.3 cm³/mol. The van der Waals surface area contributed by atoms with E-state index in [1.807, 2.05) is 31.9 Å². The van der Waals surface area contributed by atoms with Gasteiger partial charge in [-0.05, 0) is 25.0 Å². The standard InChI is InChI=1S/C13H21NO3/c1-9-10(2)13(17-6)11(7-12(9)16-5)14(3)8-15-4/h7H,8H2,1-6H3. The molecule has 0 saturated heterocycles. The molecule has 0 spiro atoms. The zero-order valence-corrected chi connectivity index (χ0v) is 11.5. The van der Waals surface area contributed by atoms with Crippen molar-refractivity contribution in [1.29, 1.82) is 0 Å². The molecule has 0 N–H and O–H groups in total. The maximum absolute atomic E-state index is 5.47. The van der Waals surface area contributed by atoms with Crippen molar-refractivity contribution in [2.45, 2.75) is 13.8 Å². The highest BCUT2D eigenvalue weighted by molar-refractivity contribution is 5.67. The summed E-state index contributed by atoms with van der Waals surface area (Å²) in [5.74, 6) is 1.73. The van der Waals surface area contributed by atoms with Crippen LogP contribution in [-0.4, -0.2) is 35.1 Å². The number of hydrogen-bond donors (Lipinski definition) is 0. The van der Waals surface area contributed by atoms with Crippen molar-refractivity contribution in [3.8, 4) is 11.5 Å². The molecule has 0 aromatic heterocycles. The maximum atomic E-state index is 5.47. The van der Waals surface area contributed by atoms with Gasteiger partial charge in [-0.1, -0.05) is 0 Å². The number of ether oxygens (including phenoxy) is 3. The van der Waals surface area contributed by atoms with Gasteiger partial charge in [0.05, 0.1) is 19.9 Å². The highest BCUT2D eigenvalue weighted by Crippen LogP contribution is 2.38. The van der Waals surface area contributed by atoms with Crippen molar-refractivity contribution in [3.05, 3.63) is 17.2 Å². The summed E-state index contributed by atoms with van der Waals surface area (Å²) in [6.07, 6.45) is 0. The first-order valence-electron chi connectivity index (χ1n) is 5.49. The highest BCUT2D eigenvalue weighted by Gasteiger charge is 2.16. The molecule has 0 unspecified atom stereocenters. The van der Waals surface area contributed by atoms with Crippen LogP contribution >= 0.6 is 0 Å². The van der Waals surface area contributed by atoms with Gasteiger partial charge in [0.2, 0.25) is 0 Å². The van der Waals surface area contributed by atoms with E-state index in [0.717, 1.165) is 28.3 Å². The highest BCUT2D eigenvalue weighted by atomic mass is 16.5. The largest absolute Gasteiger partial charge is 0.496 e. The summed E-state index contributed by atoms with van der Waals surface area (Å²) in [4.78, 5) is 1.98. The monoisotopic (exact) mass is 239 g/mol. The molecule has 0 aliphatic carbocycles. The zero-order valence-electron chi connectivity index (χ0n) is 11.5. The SMILES string of the molecule is COCN(C)c1cc(OC)c(C)c(C)c1OC. The Kier molecular flexibility index (Phi) is 4.63. The first-order valence-corrected chi connectivity index (χ1v) is 5.49. The van der Waals surface area contributed by atoms with Gasteiger partial charge in [-0.2, -0.15) is 0 Å². The van der Waals surface area contributed by atoms with Crippen molar-refractivity contribution in [2.75, 3.05) is 40.0 Å². The van der Waals surface area contributed by atoms with Crippen LogP contribution in [0, 0.1) is 13.8 Å². The van der Waals surface area contributed by atoms with E-state index >= 15 is 0 Å². The summed E-state index contributed by atoms with van der Waals surface area (Å²) in [7, 11) is 6.98. The Bertz CT molecular complexity index is 391. The van der Waals surface area contributed by atoms with Crippen molar-refractivity contribution < 1.29 is 14.2 Å². The number of nitrogens with zero attached hydrogens (tertiary/aromatic N) is 1. The van der Waals surface area contributed by atoms with Crippen LogP contribution in [0.4, 0.5) is 5.69 Å². The van der Waals surface area contributed by atoms with Crippen molar-refractivity contribution >= 4 is 5.69 Å². The van der Waals surface area contributed by atoms with Gasteiger partial charge in [-0.25, -0.2) is 0 Å². The molecule has 1 rings (SSSR count). The molecular formula is C13H21NO3. The lowest BCUT2D eigenvalue weighted by atomic mass is 10.1. The minimum absolute atomic E-state index is 0.502. The Hall–Kier alpha value is -1.42. The number of anilines is 1. The molecule has 0 radical (unpaired) electrons. The molecule has 1 aromatic carbocycles. The molecule has 4 nitrogen and oxygen atoms in total. The van der Waals surface area contributed by atoms with E-state index in [9.17, 15) is 0 Å². The molecule has 17 heavy (non-hydrogen) atoms. The summed E-state index contributed by atoms with van der Waals surface area (Å²) in [6, 6.07) is 1.97. The second-order valence-electron chi connectivity index (χ2n) is 4.00. The van der Waals surface area contributed by atoms with Crippen LogP contribution in [0.25, 0.3) is 0 Å². The van der Waals surface area contributed by atoms with Crippen molar-refractivity contribution in [1.82, 2.24) is 0 Å². The Balaban J connectivity index is 3.31. The van der Waals surface area contributed by atoms with E-state index in [0.29, 0.717) is 6.73 Å². The molecule has 0 bridgehead atoms. The van der Waals surface area contributed by atoms with Crippen LogP contribution in [0.15, 0.2) is 6.07 Å². The average Bonchev–Trinajstić information content (AvgIpc) is 2.32. The second kappa shape index (κ2) is 5.77. The summed E-state index contributed by atoms with van der Waals surface area (Å²) in [5, 5.41) is 0. The Morgan fingerprint density at radius 1 is 1.06 bits per heavy atom. The van der Waals surface area contributed by atoms with E-state index in [1.54, 1.807) is 21.3 Å². The van der Waals surface area contributed by atoms with Gasteiger partial charge in [0.1, 0.15) is 18.2 Å². The molecule has 0 aliphatic heterocycles. The fraction of sp³-hybridized carbons (Fsp3) is 0.538. The quantitative estimate of drug-likeness (QED) is 0.738. The minimum Gasteiger partial charge on any atom is -0.496 e. The first kappa shape index (κ1) is 13.6. The van der Waals surface area contributed by atoms with Gasteiger partial charge in [-0.3, -0.25) is 0 Å². The number of benzene rings is 1. The van der Waals surface area contributed by atoms with Crippen LogP contribution in [-0.2, 0) is 4.74 Å². The van der Waals surface area contributed by atoms with E-state index < -0.39 is 0 Å². The molecule has 96 valence electrons. The third-order valence-corrected chi connectivity index (χ3v) is 2.93. The smallest absolute Gasteiger partial charge is 0.145 e. The van der Waals surface area contributed by atoms with Crippen LogP contribution in [0.3, 0.4) is 0 Å². The molecule has 0 aliphatic rings. The first-order chi connectivity index (χ1) is 8.06. The predicted octanol–water partition coefficient (Wildman–Crippen LogP) is 2.36. The topological polar surface area (TPSA) is 30.9 Å². The third-order valence-electron chi connectivity index (χ3n) is 2.93. The molecule has 0 fully saturated rings. The number of methoxy groups -OCH3 is 3.